The third-order valence-electron chi connectivity index (χ3n) is 2.60. The Bertz CT molecular complexity index is 337. The Morgan fingerprint density at radius 1 is 1.17 bits per heavy atom. The molecule has 0 aliphatic carbocycles. The van der Waals surface area contributed by atoms with E-state index >= 15 is 0 Å². The first-order valence-electron chi connectivity index (χ1n) is 6.06. The molecule has 1 aromatic heterocycles. The monoisotopic (exact) mass is 316 g/mol. The second-order valence-corrected chi connectivity index (χ2v) is 5.04. The van der Waals surface area contributed by atoms with E-state index in [-0.39, 0.29) is 0 Å². The molecule has 0 aromatic carbocycles. The molecule has 0 bridgehead atoms. The standard InChI is InChI=1S/C13H21BrN2O2/c1-17-6-3-4-16(5-7-18-2)11-12-8-13(14)10-15-9-12/h8-10H,3-7,11H2,1-2H3. The van der Waals surface area contributed by atoms with E-state index in [0.29, 0.717) is 0 Å². The van der Waals surface area contributed by atoms with E-state index in [2.05, 4.69) is 31.9 Å². The molecule has 1 aromatic rings. The maximum atomic E-state index is 5.14. The number of pyridine rings is 1. The van der Waals surface area contributed by atoms with Crippen LogP contribution in [0.25, 0.3) is 0 Å². The second kappa shape index (κ2) is 9.44. The average molecular weight is 317 g/mol. The van der Waals surface area contributed by atoms with Crippen LogP contribution in [0, 0.1) is 0 Å². The van der Waals surface area contributed by atoms with Gasteiger partial charge in [-0.1, -0.05) is 0 Å². The molecule has 0 saturated carbocycles. The molecule has 0 unspecified atom stereocenters. The Labute approximate surface area is 117 Å². The van der Waals surface area contributed by atoms with Crippen LogP contribution < -0.4 is 0 Å². The van der Waals surface area contributed by atoms with Crippen LogP contribution in [0.2, 0.25) is 0 Å². The molecule has 0 amide bonds. The molecule has 1 rings (SSSR count). The summed E-state index contributed by atoms with van der Waals surface area (Å²) in [4.78, 5) is 6.54. The normalized spacial score (nSPS) is 11.1. The topological polar surface area (TPSA) is 34.6 Å². The van der Waals surface area contributed by atoms with Crippen molar-refractivity contribution in [3.63, 3.8) is 0 Å². The molecular weight excluding hydrogens is 296 g/mol. The van der Waals surface area contributed by atoms with Crippen LogP contribution >= 0.6 is 15.9 Å². The zero-order valence-corrected chi connectivity index (χ0v) is 12.6. The number of rotatable bonds is 9. The molecule has 0 spiro atoms. The molecule has 0 atom stereocenters. The summed E-state index contributed by atoms with van der Waals surface area (Å²) in [6.07, 6.45) is 4.73. The molecule has 0 aliphatic heterocycles. The van der Waals surface area contributed by atoms with Gasteiger partial charge in [-0.05, 0) is 34.0 Å². The Morgan fingerprint density at radius 2 is 1.94 bits per heavy atom. The molecule has 18 heavy (non-hydrogen) atoms. The van der Waals surface area contributed by atoms with E-state index in [0.717, 1.165) is 43.7 Å². The van der Waals surface area contributed by atoms with Gasteiger partial charge in [0, 0.05) is 57.3 Å². The average Bonchev–Trinajstić information content (AvgIpc) is 2.36. The lowest BCUT2D eigenvalue weighted by molar-refractivity contribution is 0.129. The molecule has 0 radical (unpaired) electrons. The van der Waals surface area contributed by atoms with Crippen molar-refractivity contribution in [2.24, 2.45) is 0 Å². The lowest BCUT2D eigenvalue weighted by Gasteiger charge is -2.21. The summed E-state index contributed by atoms with van der Waals surface area (Å²) < 4.78 is 11.2. The minimum absolute atomic E-state index is 0.744. The Morgan fingerprint density at radius 3 is 2.61 bits per heavy atom. The summed E-state index contributed by atoms with van der Waals surface area (Å²) in [6, 6.07) is 2.10. The summed E-state index contributed by atoms with van der Waals surface area (Å²) >= 11 is 3.44. The van der Waals surface area contributed by atoms with Gasteiger partial charge in [0.2, 0.25) is 0 Å². The van der Waals surface area contributed by atoms with Crippen molar-refractivity contribution < 1.29 is 9.47 Å². The van der Waals surface area contributed by atoms with Gasteiger partial charge in [0.1, 0.15) is 0 Å². The van der Waals surface area contributed by atoms with Crippen molar-refractivity contribution in [3.8, 4) is 0 Å². The first-order chi connectivity index (χ1) is 8.76. The minimum Gasteiger partial charge on any atom is -0.385 e. The summed E-state index contributed by atoms with van der Waals surface area (Å²) in [6.45, 7) is 4.35. The van der Waals surface area contributed by atoms with Gasteiger partial charge in [0.25, 0.3) is 0 Å². The van der Waals surface area contributed by atoms with Crippen LogP contribution in [0.4, 0.5) is 0 Å². The van der Waals surface area contributed by atoms with Gasteiger partial charge < -0.3 is 9.47 Å². The molecule has 0 saturated heterocycles. The summed E-state index contributed by atoms with van der Waals surface area (Å²) in [5.74, 6) is 0. The van der Waals surface area contributed by atoms with Crippen LogP contribution in [0.3, 0.4) is 0 Å². The number of halogens is 1. The minimum atomic E-state index is 0.744. The number of hydrogen-bond acceptors (Lipinski definition) is 4. The van der Waals surface area contributed by atoms with Gasteiger partial charge in [0.05, 0.1) is 6.61 Å². The number of ether oxygens (including phenoxy) is 2. The van der Waals surface area contributed by atoms with Gasteiger partial charge in [-0.15, -0.1) is 0 Å². The quantitative estimate of drug-likeness (QED) is 0.655. The number of methoxy groups -OCH3 is 2. The van der Waals surface area contributed by atoms with E-state index in [4.69, 9.17) is 9.47 Å². The predicted octanol–water partition coefficient (Wildman–Crippen LogP) is 2.33. The third kappa shape index (κ3) is 6.44. The molecule has 5 heteroatoms. The molecule has 0 N–H and O–H groups in total. The highest BCUT2D eigenvalue weighted by Crippen LogP contribution is 2.11. The van der Waals surface area contributed by atoms with E-state index in [1.807, 2.05) is 6.20 Å². The summed E-state index contributed by atoms with van der Waals surface area (Å²) in [5, 5.41) is 0. The van der Waals surface area contributed by atoms with E-state index < -0.39 is 0 Å². The Kier molecular flexibility index (Phi) is 8.17. The van der Waals surface area contributed by atoms with Crippen molar-refractivity contribution in [1.82, 2.24) is 9.88 Å². The predicted molar refractivity (Wildman–Crippen MR) is 75.6 cm³/mol. The van der Waals surface area contributed by atoms with E-state index in [1.54, 1.807) is 20.4 Å². The van der Waals surface area contributed by atoms with Crippen molar-refractivity contribution in [1.29, 1.82) is 0 Å². The van der Waals surface area contributed by atoms with Gasteiger partial charge in [0.15, 0.2) is 0 Å². The molecule has 4 nitrogen and oxygen atoms in total. The van der Waals surface area contributed by atoms with Crippen LogP contribution in [-0.2, 0) is 16.0 Å². The van der Waals surface area contributed by atoms with Crippen molar-refractivity contribution in [2.45, 2.75) is 13.0 Å². The lowest BCUT2D eigenvalue weighted by atomic mass is 10.2. The highest BCUT2D eigenvalue weighted by Gasteiger charge is 2.06. The highest BCUT2D eigenvalue weighted by molar-refractivity contribution is 9.10. The van der Waals surface area contributed by atoms with Gasteiger partial charge in [-0.25, -0.2) is 0 Å². The van der Waals surface area contributed by atoms with Crippen LogP contribution in [0.5, 0.6) is 0 Å². The number of nitrogens with zero attached hydrogens (tertiary/aromatic N) is 2. The van der Waals surface area contributed by atoms with Gasteiger partial charge in [-0.2, -0.15) is 0 Å². The maximum Gasteiger partial charge on any atom is 0.0589 e. The van der Waals surface area contributed by atoms with Crippen LogP contribution in [-0.4, -0.2) is 50.4 Å². The fourth-order valence-corrected chi connectivity index (χ4v) is 2.14. The third-order valence-corrected chi connectivity index (χ3v) is 3.04. The largest absolute Gasteiger partial charge is 0.385 e. The summed E-state index contributed by atoms with van der Waals surface area (Å²) in [5.41, 5.74) is 1.21. The Hall–Kier alpha value is -0.490. The first-order valence-corrected chi connectivity index (χ1v) is 6.85. The SMILES string of the molecule is COCCCN(CCOC)Cc1cncc(Br)c1. The zero-order valence-electron chi connectivity index (χ0n) is 11.1. The summed E-state index contributed by atoms with van der Waals surface area (Å²) in [7, 11) is 3.46. The highest BCUT2D eigenvalue weighted by atomic mass is 79.9. The van der Waals surface area contributed by atoms with Crippen LogP contribution in [0.1, 0.15) is 12.0 Å². The van der Waals surface area contributed by atoms with Gasteiger partial charge >= 0.3 is 0 Å². The van der Waals surface area contributed by atoms with Crippen molar-refractivity contribution in [3.05, 3.63) is 28.5 Å². The fraction of sp³-hybridized carbons (Fsp3) is 0.615. The second-order valence-electron chi connectivity index (χ2n) is 4.13. The first kappa shape index (κ1) is 15.6. The van der Waals surface area contributed by atoms with E-state index in [9.17, 15) is 0 Å². The maximum absolute atomic E-state index is 5.14. The Balaban J connectivity index is 2.48. The van der Waals surface area contributed by atoms with Crippen molar-refractivity contribution in [2.75, 3.05) is 40.5 Å². The lowest BCUT2D eigenvalue weighted by Crippen LogP contribution is -2.28. The van der Waals surface area contributed by atoms with Crippen molar-refractivity contribution >= 4 is 15.9 Å². The molecular formula is C13H21BrN2O2. The van der Waals surface area contributed by atoms with Crippen LogP contribution in [0.15, 0.2) is 22.9 Å². The smallest absolute Gasteiger partial charge is 0.0589 e. The van der Waals surface area contributed by atoms with Gasteiger partial charge in [-0.3, -0.25) is 9.88 Å². The molecule has 102 valence electrons. The molecule has 0 aliphatic rings. The molecule has 1 heterocycles. The number of aromatic nitrogens is 1. The van der Waals surface area contributed by atoms with E-state index in [1.165, 1.54) is 5.56 Å². The zero-order chi connectivity index (χ0) is 13.2. The number of hydrogen-bond donors (Lipinski definition) is 0. The molecule has 0 fully saturated rings. The fourth-order valence-electron chi connectivity index (χ4n) is 1.72.